The summed E-state index contributed by atoms with van der Waals surface area (Å²) >= 11 is 1.34. The molecule has 0 unspecified atom stereocenters. The second-order valence-corrected chi connectivity index (χ2v) is 6.08. The number of aryl methyl sites for hydroxylation is 1. The van der Waals surface area contributed by atoms with Gasteiger partial charge in [0.1, 0.15) is 6.67 Å². The fraction of sp³-hybridized carbons (Fsp3) is 0.118. The average Bonchev–Trinajstić information content (AvgIpc) is 2.96. The Hall–Kier alpha value is -2.78. The molecule has 0 fully saturated rings. The van der Waals surface area contributed by atoms with Crippen molar-refractivity contribution in [2.24, 2.45) is 0 Å². The van der Waals surface area contributed by atoms with E-state index in [0.717, 1.165) is 21.7 Å². The summed E-state index contributed by atoms with van der Waals surface area (Å²) in [5.41, 5.74) is 9.88. The minimum Gasteiger partial charge on any atom is -0.375 e. The van der Waals surface area contributed by atoms with E-state index in [4.69, 9.17) is 11.0 Å². The molecule has 0 bridgehead atoms. The smallest absolute Gasteiger partial charge is 0.181 e. The molecule has 114 valence electrons. The number of nitriles is 1. The van der Waals surface area contributed by atoms with E-state index in [9.17, 15) is 4.39 Å². The Balaban J connectivity index is 2.18. The molecule has 3 aromatic rings. The molecule has 4 nitrogen and oxygen atoms in total. The molecule has 6 heteroatoms. The molecule has 0 radical (unpaired) electrons. The number of alkyl halides is 1. The fourth-order valence-corrected chi connectivity index (χ4v) is 3.24. The zero-order valence-electron chi connectivity index (χ0n) is 12.4. The maximum absolute atomic E-state index is 13.0. The van der Waals surface area contributed by atoms with Crippen LogP contribution in [0, 0.1) is 18.3 Å². The van der Waals surface area contributed by atoms with E-state index >= 15 is 0 Å². The molecular formula is C17H13FN4S. The number of aromatic nitrogens is 2. The summed E-state index contributed by atoms with van der Waals surface area (Å²) in [6, 6.07) is 12.9. The predicted octanol–water partition coefficient (Wildman–Crippen LogP) is 4.10. The highest BCUT2D eigenvalue weighted by Gasteiger charge is 2.15. The first-order chi connectivity index (χ1) is 11.1. The number of halogens is 1. The summed E-state index contributed by atoms with van der Waals surface area (Å²) in [7, 11) is 0. The van der Waals surface area contributed by atoms with Crippen LogP contribution in [0.3, 0.4) is 0 Å². The molecule has 2 aromatic heterocycles. The van der Waals surface area contributed by atoms with Gasteiger partial charge in [-0.1, -0.05) is 23.5 Å². The van der Waals surface area contributed by atoms with Crippen molar-refractivity contribution in [1.29, 1.82) is 5.26 Å². The molecule has 0 saturated heterocycles. The Morgan fingerprint density at radius 2 is 2.04 bits per heavy atom. The third-order valence-corrected chi connectivity index (χ3v) is 4.25. The molecule has 1 aromatic carbocycles. The third-order valence-electron chi connectivity index (χ3n) is 3.31. The van der Waals surface area contributed by atoms with Crippen LogP contribution in [0.5, 0.6) is 0 Å². The number of thiazole rings is 1. The summed E-state index contributed by atoms with van der Waals surface area (Å²) in [4.78, 5) is 9.39. The number of nitrogens with two attached hydrogens (primary N) is 1. The molecule has 23 heavy (non-hydrogen) atoms. The van der Waals surface area contributed by atoms with E-state index in [2.05, 4.69) is 16.0 Å². The SMILES string of the molecule is Cc1cc(-c2sc(N)nc2-c2cccc(C#N)c2)cc(CF)n1. The lowest BCUT2D eigenvalue weighted by molar-refractivity contribution is 0.475. The standard InChI is InChI=1S/C17H13FN4S/c1-10-5-13(7-14(8-18)21-10)16-15(22-17(20)23-16)12-4-2-3-11(6-12)9-19/h2-7H,8H2,1H3,(H2,20,22). The van der Waals surface area contributed by atoms with Gasteiger partial charge in [0.05, 0.1) is 27.9 Å². The molecule has 2 N–H and O–H groups in total. The molecule has 0 aliphatic rings. The fourth-order valence-electron chi connectivity index (χ4n) is 2.40. The van der Waals surface area contributed by atoms with Crippen molar-refractivity contribution in [3.63, 3.8) is 0 Å². The molecule has 0 spiro atoms. The van der Waals surface area contributed by atoms with Gasteiger partial charge >= 0.3 is 0 Å². The highest BCUT2D eigenvalue weighted by Crippen LogP contribution is 2.38. The van der Waals surface area contributed by atoms with Crippen molar-refractivity contribution < 1.29 is 4.39 Å². The van der Waals surface area contributed by atoms with Crippen molar-refractivity contribution >= 4 is 16.5 Å². The molecule has 0 aliphatic carbocycles. The molecule has 2 heterocycles. The second kappa shape index (κ2) is 6.15. The highest BCUT2D eigenvalue weighted by molar-refractivity contribution is 7.19. The van der Waals surface area contributed by atoms with E-state index in [0.29, 0.717) is 22.1 Å². The van der Waals surface area contributed by atoms with Crippen molar-refractivity contribution in [3.8, 4) is 27.8 Å². The van der Waals surface area contributed by atoms with Gasteiger partial charge in [-0.2, -0.15) is 5.26 Å². The lowest BCUT2D eigenvalue weighted by Gasteiger charge is -2.06. The molecule has 0 saturated carbocycles. The van der Waals surface area contributed by atoms with E-state index in [1.54, 1.807) is 24.3 Å². The van der Waals surface area contributed by atoms with Crippen LogP contribution in [0.2, 0.25) is 0 Å². The van der Waals surface area contributed by atoms with Gasteiger partial charge in [-0.3, -0.25) is 4.98 Å². The van der Waals surface area contributed by atoms with Gasteiger partial charge in [-0.15, -0.1) is 0 Å². The summed E-state index contributed by atoms with van der Waals surface area (Å²) in [6.07, 6.45) is 0. The Kier molecular flexibility index (Phi) is 4.04. The zero-order valence-corrected chi connectivity index (χ0v) is 13.2. The van der Waals surface area contributed by atoms with Gasteiger partial charge in [-0.25, -0.2) is 9.37 Å². The van der Waals surface area contributed by atoms with Gasteiger partial charge in [0, 0.05) is 11.3 Å². The molecular weight excluding hydrogens is 311 g/mol. The summed E-state index contributed by atoms with van der Waals surface area (Å²) < 4.78 is 13.0. The van der Waals surface area contributed by atoms with Crippen molar-refractivity contribution in [3.05, 3.63) is 53.3 Å². The Morgan fingerprint density at radius 1 is 1.22 bits per heavy atom. The Bertz CT molecular complexity index is 911. The van der Waals surface area contributed by atoms with Crippen LogP contribution >= 0.6 is 11.3 Å². The maximum Gasteiger partial charge on any atom is 0.181 e. The molecule has 3 rings (SSSR count). The number of nitrogen functional groups attached to an aromatic ring is 1. The maximum atomic E-state index is 13.0. The molecule has 0 amide bonds. The molecule has 0 aliphatic heterocycles. The summed E-state index contributed by atoms with van der Waals surface area (Å²) in [6.45, 7) is 1.20. The number of hydrogen-bond donors (Lipinski definition) is 1. The van der Waals surface area contributed by atoms with Gasteiger partial charge in [0.15, 0.2) is 5.13 Å². The van der Waals surface area contributed by atoms with Crippen LogP contribution in [-0.2, 0) is 6.67 Å². The number of pyridine rings is 1. The number of hydrogen-bond acceptors (Lipinski definition) is 5. The highest BCUT2D eigenvalue weighted by atomic mass is 32.1. The van der Waals surface area contributed by atoms with Crippen LogP contribution in [0.25, 0.3) is 21.7 Å². The van der Waals surface area contributed by atoms with Crippen LogP contribution in [-0.4, -0.2) is 9.97 Å². The summed E-state index contributed by atoms with van der Waals surface area (Å²) in [5, 5.41) is 9.49. The minimum atomic E-state index is -0.623. The average molecular weight is 324 g/mol. The molecule has 0 atom stereocenters. The first-order valence-corrected chi connectivity index (χ1v) is 7.73. The van der Waals surface area contributed by atoms with Crippen LogP contribution in [0.4, 0.5) is 9.52 Å². The largest absolute Gasteiger partial charge is 0.375 e. The van der Waals surface area contributed by atoms with Crippen LogP contribution in [0.1, 0.15) is 17.0 Å². The topological polar surface area (TPSA) is 75.6 Å². The normalized spacial score (nSPS) is 10.5. The van der Waals surface area contributed by atoms with Gasteiger partial charge in [0.2, 0.25) is 0 Å². The van der Waals surface area contributed by atoms with Crippen molar-refractivity contribution in [2.45, 2.75) is 13.6 Å². The Morgan fingerprint density at radius 3 is 2.78 bits per heavy atom. The van der Waals surface area contributed by atoms with E-state index in [1.807, 2.05) is 19.1 Å². The number of nitrogens with zero attached hydrogens (tertiary/aromatic N) is 3. The predicted molar refractivity (Wildman–Crippen MR) is 89.5 cm³/mol. The lowest BCUT2D eigenvalue weighted by Crippen LogP contribution is -1.91. The number of benzene rings is 1. The summed E-state index contributed by atoms with van der Waals surface area (Å²) in [5.74, 6) is 0. The van der Waals surface area contributed by atoms with Gasteiger partial charge in [0.25, 0.3) is 0 Å². The number of anilines is 1. The van der Waals surface area contributed by atoms with Crippen molar-refractivity contribution in [2.75, 3.05) is 5.73 Å². The van der Waals surface area contributed by atoms with Crippen LogP contribution in [0.15, 0.2) is 36.4 Å². The van der Waals surface area contributed by atoms with Gasteiger partial charge in [-0.05, 0) is 36.8 Å². The van der Waals surface area contributed by atoms with E-state index < -0.39 is 6.67 Å². The van der Waals surface area contributed by atoms with Crippen molar-refractivity contribution in [1.82, 2.24) is 9.97 Å². The third kappa shape index (κ3) is 3.05. The van der Waals surface area contributed by atoms with E-state index in [-0.39, 0.29) is 0 Å². The zero-order chi connectivity index (χ0) is 16.4. The minimum absolute atomic E-state index is 0.378. The van der Waals surface area contributed by atoms with Gasteiger partial charge < -0.3 is 5.73 Å². The quantitative estimate of drug-likeness (QED) is 0.787. The first kappa shape index (κ1) is 15.1. The Labute approximate surface area is 137 Å². The monoisotopic (exact) mass is 324 g/mol. The first-order valence-electron chi connectivity index (χ1n) is 6.91. The lowest BCUT2D eigenvalue weighted by atomic mass is 10.0. The van der Waals surface area contributed by atoms with E-state index in [1.165, 1.54) is 11.3 Å². The number of rotatable bonds is 3. The second-order valence-electron chi connectivity index (χ2n) is 5.04. The van der Waals surface area contributed by atoms with Crippen LogP contribution < -0.4 is 5.73 Å².